The Morgan fingerprint density at radius 3 is 2.69 bits per heavy atom. The van der Waals surface area contributed by atoms with Gasteiger partial charge in [0.15, 0.2) is 12.0 Å². The summed E-state index contributed by atoms with van der Waals surface area (Å²) in [5, 5.41) is 19.0. The molecule has 2 heterocycles. The molecule has 0 amide bonds. The van der Waals surface area contributed by atoms with E-state index >= 15 is 0 Å². The summed E-state index contributed by atoms with van der Waals surface area (Å²) in [5.41, 5.74) is 4.51. The van der Waals surface area contributed by atoms with Gasteiger partial charge in [-0.3, -0.25) is 4.98 Å². The van der Waals surface area contributed by atoms with Gasteiger partial charge in [-0.2, -0.15) is 0 Å². The number of nitrogens with zero attached hydrogens (tertiary/aromatic N) is 2. The molecule has 5 rings (SSSR count). The zero-order valence-corrected chi connectivity index (χ0v) is 17.3. The summed E-state index contributed by atoms with van der Waals surface area (Å²) in [5.74, 6) is -1.08. The van der Waals surface area contributed by atoms with E-state index in [2.05, 4.69) is 15.3 Å². The van der Waals surface area contributed by atoms with Gasteiger partial charge in [-0.25, -0.2) is 19.1 Å². The van der Waals surface area contributed by atoms with Crippen LogP contribution in [-0.2, 0) is 11.0 Å². The van der Waals surface area contributed by atoms with Gasteiger partial charge in [0.2, 0.25) is 0 Å². The van der Waals surface area contributed by atoms with Gasteiger partial charge < -0.3 is 14.8 Å². The second-order valence-electron chi connectivity index (χ2n) is 7.01. The number of hydrogen-bond acceptors (Lipinski definition) is 6. The Morgan fingerprint density at radius 1 is 1.03 bits per heavy atom. The molecule has 2 aromatic heterocycles. The molecule has 1 unspecified atom stereocenters. The van der Waals surface area contributed by atoms with Crippen LogP contribution in [0.2, 0.25) is 0 Å². The lowest BCUT2D eigenvalue weighted by Gasteiger charge is -2.15. The Labute approximate surface area is 184 Å². The molecule has 0 radical (unpaired) electrons. The number of fused-ring (bicyclic) bond motifs is 2. The number of benzene rings is 3. The first-order chi connectivity index (χ1) is 15.5. The van der Waals surface area contributed by atoms with Crippen molar-refractivity contribution in [2.75, 3.05) is 5.32 Å². The number of oxazole rings is 1. The molecule has 0 aliphatic carbocycles. The Kier molecular flexibility index (Phi) is 4.89. The average molecular weight is 444 g/mol. The molecule has 5 aromatic rings. The Hall–Kier alpha value is -4.08. The number of para-hydroxylation sites is 2. The van der Waals surface area contributed by atoms with Crippen molar-refractivity contribution in [3.05, 3.63) is 78.8 Å². The van der Waals surface area contributed by atoms with E-state index in [1.54, 1.807) is 18.2 Å². The van der Waals surface area contributed by atoms with Crippen LogP contribution in [0.1, 0.15) is 10.4 Å². The molecule has 0 saturated heterocycles. The van der Waals surface area contributed by atoms with Crippen molar-refractivity contribution in [1.82, 2.24) is 9.97 Å². The highest BCUT2D eigenvalue weighted by molar-refractivity contribution is 7.82. The number of carboxylic acids is 1. The molecule has 0 aliphatic rings. The third kappa shape index (κ3) is 3.39. The number of carbonyl (C=O) groups is 1. The predicted octanol–water partition coefficient (Wildman–Crippen LogP) is 4.47. The van der Waals surface area contributed by atoms with Crippen LogP contribution >= 0.6 is 0 Å². The second kappa shape index (κ2) is 7.88. The number of nitrogens with one attached hydrogen (secondary N) is 1. The topological polar surface area (TPSA) is 131 Å². The molecule has 0 bridgehead atoms. The van der Waals surface area contributed by atoms with Crippen LogP contribution < -0.4 is 10.5 Å². The maximum absolute atomic E-state index is 12.3. The summed E-state index contributed by atoms with van der Waals surface area (Å²) in [6.45, 7) is 0. The quantitative estimate of drug-likeness (QED) is 0.364. The van der Waals surface area contributed by atoms with Gasteiger partial charge in [-0.1, -0.05) is 30.3 Å². The highest BCUT2D eigenvalue weighted by Gasteiger charge is 2.17. The minimum Gasteiger partial charge on any atom is -0.478 e. The number of anilines is 2. The number of pyridine rings is 1. The Bertz CT molecular complexity index is 1530. The fourth-order valence-electron chi connectivity index (χ4n) is 3.65. The summed E-state index contributed by atoms with van der Waals surface area (Å²) in [7, 11) is -1.86. The smallest absolute Gasteiger partial charge is 0.337 e. The summed E-state index contributed by atoms with van der Waals surface area (Å²) in [6.07, 6.45) is 2.82. The first-order valence-electron chi connectivity index (χ1n) is 9.54. The lowest BCUT2D eigenvalue weighted by atomic mass is 10.0. The van der Waals surface area contributed by atoms with Crippen molar-refractivity contribution < 1.29 is 18.5 Å². The molecular weight excluding hydrogens is 428 g/mol. The first kappa shape index (κ1) is 19.9. The first-order valence-corrected chi connectivity index (χ1v) is 10.7. The van der Waals surface area contributed by atoms with Gasteiger partial charge in [-0.05, 0) is 35.9 Å². The number of aromatic carboxylic acids is 1. The van der Waals surface area contributed by atoms with Crippen LogP contribution in [0, 0.1) is 0 Å². The molecule has 158 valence electrons. The average Bonchev–Trinajstić information content (AvgIpc) is 3.28. The number of aromatic nitrogens is 2. The summed E-state index contributed by atoms with van der Waals surface area (Å²) in [4.78, 5) is 20.5. The fourth-order valence-corrected chi connectivity index (χ4v) is 4.17. The Balaban J connectivity index is 1.75. The monoisotopic (exact) mass is 444 g/mol. The van der Waals surface area contributed by atoms with Crippen LogP contribution in [0.5, 0.6) is 0 Å². The molecule has 0 aliphatic heterocycles. The SMILES string of the molecule is NS(=O)c1cnc2ccc(-c3cccc4ncoc34)cc2c1Nc1ccccc1C(=O)O. The van der Waals surface area contributed by atoms with Crippen molar-refractivity contribution in [2.24, 2.45) is 5.14 Å². The molecule has 4 N–H and O–H groups in total. The largest absolute Gasteiger partial charge is 0.478 e. The molecule has 0 spiro atoms. The summed E-state index contributed by atoms with van der Waals surface area (Å²) >= 11 is 0. The summed E-state index contributed by atoms with van der Waals surface area (Å²) in [6, 6.07) is 17.7. The minimum atomic E-state index is -1.86. The van der Waals surface area contributed by atoms with Gasteiger partial charge in [0.1, 0.15) is 16.5 Å². The van der Waals surface area contributed by atoms with E-state index in [1.807, 2.05) is 36.4 Å². The maximum Gasteiger partial charge on any atom is 0.337 e. The van der Waals surface area contributed by atoms with Gasteiger partial charge in [-0.15, -0.1) is 0 Å². The lowest BCUT2D eigenvalue weighted by Crippen LogP contribution is -2.09. The standard InChI is InChI=1S/C23H16N4O4S/c24-32(30)20-11-25-17-9-8-13(14-5-3-7-19-22(14)31-12-26-19)10-16(17)21(20)27-18-6-2-1-4-15(18)23(28)29/h1-12H,24H2,(H,25,27)(H,28,29). The molecule has 9 heteroatoms. The molecule has 1 atom stereocenters. The molecule has 0 saturated carbocycles. The van der Waals surface area contributed by atoms with Gasteiger partial charge in [0, 0.05) is 17.1 Å². The van der Waals surface area contributed by atoms with Gasteiger partial charge in [0.05, 0.1) is 27.4 Å². The number of rotatable bonds is 5. The van der Waals surface area contributed by atoms with E-state index < -0.39 is 17.0 Å². The molecule has 0 fully saturated rings. The summed E-state index contributed by atoms with van der Waals surface area (Å²) < 4.78 is 17.9. The number of hydrogen-bond donors (Lipinski definition) is 3. The number of carboxylic acid groups (broad SMARTS) is 1. The molecule has 3 aromatic carbocycles. The van der Waals surface area contributed by atoms with Crippen LogP contribution in [0.4, 0.5) is 11.4 Å². The third-order valence-corrected chi connectivity index (χ3v) is 5.88. The second-order valence-corrected chi connectivity index (χ2v) is 8.04. The zero-order valence-electron chi connectivity index (χ0n) is 16.5. The van der Waals surface area contributed by atoms with E-state index in [0.29, 0.717) is 27.9 Å². The van der Waals surface area contributed by atoms with Crippen LogP contribution in [-0.4, -0.2) is 25.3 Å². The fraction of sp³-hybridized carbons (Fsp3) is 0. The molecule has 32 heavy (non-hydrogen) atoms. The van der Waals surface area contributed by atoms with E-state index in [1.165, 1.54) is 18.7 Å². The van der Waals surface area contributed by atoms with E-state index in [-0.39, 0.29) is 10.5 Å². The van der Waals surface area contributed by atoms with Gasteiger partial charge >= 0.3 is 5.97 Å². The van der Waals surface area contributed by atoms with Crippen LogP contribution in [0.15, 0.2) is 82.6 Å². The van der Waals surface area contributed by atoms with Crippen molar-refractivity contribution in [2.45, 2.75) is 4.90 Å². The third-order valence-electron chi connectivity index (χ3n) is 5.13. The lowest BCUT2D eigenvalue weighted by molar-refractivity contribution is 0.0698. The van der Waals surface area contributed by atoms with E-state index in [4.69, 9.17) is 9.56 Å². The maximum atomic E-state index is 12.3. The van der Waals surface area contributed by atoms with Crippen LogP contribution in [0.3, 0.4) is 0 Å². The van der Waals surface area contributed by atoms with E-state index in [9.17, 15) is 14.1 Å². The molecule has 8 nitrogen and oxygen atoms in total. The van der Waals surface area contributed by atoms with Crippen LogP contribution in [0.25, 0.3) is 33.1 Å². The normalized spacial score (nSPS) is 12.2. The highest BCUT2D eigenvalue weighted by Crippen LogP contribution is 2.36. The molecular formula is C23H16N4O4S. The Morgan fingerprint density at radius 2 is 1.88 bits per heavy atom. The van der Waals surface area contributed by atoms with E-state index in [0.717, 1.165) is 16.6 Å². The highest BCUT2D eigenvalue weighted by atomic mass is 32.2. The van der Waals surface area contributed by atoms with Crippen molar-refractivity contribution >= 4 is 50.3 Å². The minimum absolute atomic E-state index is 0.0776. The number of nitrogens with two attached hydrogens (primary N) is 1. The van der Waals surface area contributed by atoms with Crippen molar-refractivity contribution in [1.29, 1.82) is 0 Å². The van der Waals surface area contributed by atoms with Gasteiger partial charge in [0.25, 0.3) is 0 Å². The predicted molar refractivity (Wildman–Crippen MR) is 122 cm³/mol. The van der Waals surface area contributed by atoms with Crippen molar-refractivity contribution in [3.8, 4) is 11.1 Å². The van der Waals surface area contributed by atoms with Crippen molar-refractivity contribution in [3.63, 3.8) is 0 Å². The zero-order chi connectivity index (χ0) is 22.2.